The Balaban J connectivity index is 2.05. The van der Waals surface area contributed by atoms with E-state index in [9.17, 15) is 0 Å². The van der Waals surface area contributed by atoms with E-state index < -0.39 is 0 Å². The van der Waals surface area contributed by atoms with E-state index in [-0.39, 0.29) is 0 Å². The second kappa shape index (κ2) is 5.83. The predicted octanol–water partition coefficient (Wildman–Crippen LogP) is 4.99. The molecule has 4 unspecified atom stereocenters. The third-order valence-electron chi connectivity index (χ3n) is 4.85. The summed E-state index contributed by atoms with van der Waals surface area (Å²) >= 11 is 0. The number of hydrogen-bond acceptors (Lipinski definition) is 1. The largest absolute Gasteiger partial charge is 0.377 e. The van der Waals surface area contributed by atoms with Crippen molar-refractivity contribution in [2.45, 2.75) is 60.0 Å². The molecule has 4 atom stereocenters. The summed E-state index contributed by atoms with van der Waals surface area (Å²) in [6.07, 6.45) is 11.2. The molecular weight excluding hydrogens is 232 g/mol. The van der Waals surface area contributed by atoms with Gasteiger partial charge in [-0.1, -0.05) is 52.8 Å². The molecule has 0 heterocycles. The van der Waals surface area contributed by atoms with Crippen LogP contribution < -0.4 is 0 Å². The van der Waals surface area contributed by atoms with Gasteiger partial charge in [0.2, 0.25) is 0 Å². The molecule has 0 radical (unpaired) electrons. The first-order valence-electron chi connectivity index (χ1n) is 7.93. The van der Waals surface area contributed by atoms with E-state index in [1.165, 1.54) is 24.8 Å². The normalized spacial score (nSPS) is 34.9. The molecule has 1 heteroatoms. The van der Waals surface area contributed by atoms with Gasteiger partial charge in [0.05, 0.1) is 12.7 Å². The molecule has 0 bridgehead atoms. The molecule has 0 amide bonds. The quantitative estimate of drug-likeness (QED) is 0.694. The molecule has 2 rings (SSSR count). The molecule has 0 N–H and O–H groups in total. The fourth-order valence-electron chi connectivity index (χ4n) is 3.11. The van der Waals surface area contributed by atoms with Crippen LogP contribution in [0.3, 0.4) is 0 Å². The highest BCUT2D eigenvalue weighted by Crippen LogP contribution is 2.39. The van der Waals surface area contributed by atoms with Crippen LogP contribution in [0.4, 0.5) is 0 Å². The molecule has 2 aliphatic rings. The minimum absolute atomic E-state index is 0.306. The summed E-state index contributed by atoms with van der Waals surface area (Å²) in [4.78, 5) is 0. The number of rotatable bonds is 4. The van der Waals surface area contributed by atoms with Crippen LogP contribution in [0.5, 0.6) is 0 Å². The molecule has 0 saturated heterocycles. The average molecular weight is 262 g/mol. The molecule has 19 heavy (non-hydrogen) atoms. The van der Waals surface area contributed by atoms with E-state index in [0.29, 0.717) is 29.3 Å². The Labute approximate surface area is 119 Å². The monoisotopic (exact) mass is 262 g/mol. The second-order valence-electron chi connectivity index (χ2n) is 7.43. The van der Waals surface area contributed by atoms with Gasteiger partial charge in [0, 0.05) is 5.92 Å². The van der Waals surface area contributed by atoms with Gasteiger partial charge in [-0.3, -0.25) is 0 Å². The molecule has 0 spiro atoms. The Morgan fingerprint density at radius 1 is 1.21 bits per heavy atom. The number of fused-ring (bicyclic) bond motifs is 1. The summed E-state index contributed by atoms with van der Waals surface area (Å²) in [5.74, 6) is 1.98. The van der Waals surface area contributed by atoms with Crippen LogP contribution in [-0.2, 0) is 4.74 Å². The fraction of sp³-hybridized carbons (Fsp3) is 0.778. The second-order valence-corrected chi connectivity index (χ2v) is 7.43. The molecule has 0 aromatic rings. The Hall–Kier alpha value is -0.560. The molecular formula is C18H30O. The van der Waals surface area contributed by atoms with E-state index in [4.69, 9.17) is 4.74 Å². The van der Waals surface area contributed by atoms with Gasteiger partial charge in [0.25, 0.3) is 0 Å². The lowest BCUT2D eigenvalue weighted by molar-refractivity contribution is -0.0364. The summed E-state index contributed by atoms with van der Waals surface area (Å²) in [5.41, 5.74) is 1.83. The van der Waals surface area contributed by atoms with Gasteiger partial charge < -0.3 is 4.74 Å². The lowest BCUT2D eigenvalue weighted by Crippen LogP contribution is -2.35. The predicted molar refractivity (Wildman–Crippen MR) is 82.1 cm³/mol. The van der Waals surface area contributed by atoms with E-state index in [0.717, 1.165) is 6.61 Å². The van der Waals surface area contributed by atoms with Gasteiger partial charge in [-0.15, -0.1) is 0 Å². The van der Waals surface area contributed by atoms with Crippen LogP contribution in [0.1, 0.15) is 53.9 Å². The topological polar surface area (TPSA) is 9.23 Å². The van der Waals surface area contributed by atoms with E-state index >= 15 is 0 Å². The lowest BCUT2D eigenvalue weighted by atomic mass is 9.73. The van der Waals surface area contributed by atoms with Crippen LogP contribution in [0.15, 0.2) is 23.8 Å². The van der Waals surface area contributed by atoms with Gasteiger partial charge in [-0.05, 0) is 42.1 Å². The van der Waals surface area contributed by atoms with Crippen LogP contribution in [0.25, 0.3) is 0 Å². The van der Waals surface area contributed by atoms with Crippen molar-refractivity contribution in [1.29, 1.82) is 0 Å². The molecule has 0 aromatic heterocycles. The molecule has 2 aliphatic carbocycles. The molecule has 1 nitrogen and oxygen atoms in total. The van der Waals surface area contributed by atoms with Crippen LogP contribution in [0, 0.1) is 23.2 Å². The Kier molecular flexibility index (Phi) is 4.55. The summed E-state index contributed by atoms with van der Waals surface area (Å²) in [7, 11) is 0. The van der Waals surface area contributed by atoms with Crippen molar-refractivity contribution in [2.75, 3.05) is 6.61 Å². The Morgan fingerprint density at radius 3 is 2.63 bits per heavy atom. The summed E-state index contributed by atoms with van der Waals surface area (Å²) in [5, 5.41) is 0. The SMILES string of the molecule is CCC(C)(C)COC1CC(C)C=C2C=CC(C)CC21. The van der Waals surface area contributed by atoms with Crippen molar-refractivity contribution in [3.63, 3.8) is 0 Å². The van der Waals surface area contributed by atoms with Crippen LogP contribution >= 0.6 is 0 Å². The third-order valence-corrected chi connectivity index (χ3v) is 4.85. The molecule has 108 valence electrons. The molecule has 0 aromatic carbocycles. The minimum atomic E-state index is 0.306. The Morgan fingerprint density at radius 2 is 1.95 bits per heavy atom. The van der Waals surface area contributed by atoms with E-state index in [1.807, 2.05) is 0 Å². The summed E-state index contributed by atoms with van der Waals surface area (Å²) in [6, 6.07) is 0. The highest BCUT2D eigenvalue weighted by Gasteiger charge is 2.33. The highest BCUT2D eigenvalue weighted by atomic mass is 16.5. The van der Waals surface area contributed by atoms with Crippen LogP contribution in [-0.4, -0.2) is 12.7 Å². The van der Waals surface area contributed by atoms with Gasteiger partial charge >= 0.3 is 0 Å². The zero-order valence-corrected chi connectivity index (χ0v) is 13.3. The van der Waals surface area contributed by atoms with Crippen molar-refractivity contribution >= 4 is 0 Å². The molecule has 0 aliphatic heterocycles. The fourth-order valence-corrected chi connectivity index (χ4v) is 3.11. The average Bonchev–Trinajstić information content (AvgIpc) is 2.36. The summed E-state index contributed by atoms with van der Waals surface area (Å²) in [6.45, 7) is 12.4. The van der Waals surface area contributed by atoms with Gasteiger partial charge in [-0.25, -0.2) is 0 Å². The van der Waals surface area contributed by atoms with Gasteiger partial charge in [0.15, 0.2) is 0 Å². The van der Waals surface area contributed by atoms with Crippen molar-refractivity contribution in [3.8, 4) is 0 Å². The number of ether oxygens (including phenoxy) is 1. The minimum Gasteiger partial charge on any atom is -0.377 e. The zero-order valence-electron chi connectivity index (χ0n) is 13.3. The first kappa shape index (κ1) is 14.8. The zero-order chi connectivity index (χ0) is 14.0. The van der Waals surface area contributed by atoms with Crippen molar-refractivity contribution < 1.29 is 4.74 Å². The van der Waals surface area contributed by atoms with Crippen molar-refractivity contribution in [1.82, 2.24) is 0 Å². The first-order valence-corrected chi connectivity index (χ1v) is 7.93. The summed E-state index contributed by atoms with van der Waals surface area (Å²) < 4.78 is 6.35. The van der Waals surface area contributed by atoms with Gasteiger partial charge in [-0.2, -0.15) is 0 Å². The molecule has 0 saturated carbocycles. The highest BCUT2D eigenvalue weighted by molar-refractivity contribution is 5.29. The number of hydrogen-bond donors (Lipinski definition) is 0. The first-order chi connectivity index (χ1) is 8.91. The maximum absolute atomic E-state index is 6.35. The van der Waals surface area contributed by atoms with Crippen molar-refractivity contribution in [2.24, 2.45) is 23.2 Å². The smallest absolute Gasteiger partial charge is 0.0649 e. The molecule has 0 fully saturated rings. The maximum Gasteiger partial charge on any atom is 0.0649 e. The van der Waals surface area contributed by atoms with Crippen molar-refractivity contribution in [3.05, 3.63) is 23.8 Å². The van der Waals surface area contributed by atoms with E-state index in [1.54, 1.807) is 0 Å². The number of allylic oxidation sites excluding steroid dienone is 3. The third kappa shape index (κ3) is 3.72. The maximum atomic E-state index is 6.35. The lowest BCUT2D eigenvalue weighted by Gasteiger charge is -2.39. The standard InChI is InChI=1S/C18H30O/c1-6-18(4,5)12-19-17-11-14(3)9-15-8-7-13(2)10-16(15)17/h7-9,13-14,16-17H,6,10-12H2,1-5H3. The van der Waals surface area contributed by atoms with E-state index in [2.05, 4.69) is 52.8 Å². The Bertz CT molecular complexity index is 364. The van der Waals surface area contributed by atoms with Gasteiger partial charge in [0.1, 0.15) is 0 Å². The van der Waals surface area contributed by atoms with Crippen LogP contribution in [0.2, 0.25) is 0 Å².